The Balaban J connectivity index is 2.30. The van der Waals surface area contributed by atoms with Crippen LogP contribution in [0.15, 0.2) is 0 Å². The second-order valence-corrected chi connectivity index (χ2v) is 4.91. The molecular formula is C11H22N2O3. The molecular weight excluding hydrogens is 208 g/mol. The van der Waals surface area contributed by atoms with Crippen LogP contribution < -0.4 is 11.1 Å². The summed E-state index contributed by atoms with van der Waals surface area (Å²) < 4.78 is 4.89. The predicted molar refractivity (Wildman–Crippen MR) is 60.8 cm³/mol. The van der Waals surface area contributed by atoms with Gasteiger partial charge in [0.2, 0.25) is 5.91 Å². The summed E-state index contributed by atoms with van der Waals surface area (Å²) in [6.07, 6.45) is 2.21. The predicted octanol–water partition coefficient (Wildman–Crippen LogP) is -0.371. The zero-order valence-corrected chi connectivity index (χ0v) is 10.1. The molecule has 94 valence electrons. The van der Waals surface area contributed by atoms with Gasteiger partial charge in [0.25, 0.3) is 0 Å². The smallest absolute Gasteiger partial charge is 0.227 e. The van der Waals surface area contributed by atoms with E-state index in [1.807, 2.05) is 0 Å². The number of nitrogens with one attached hydrogen (secondary N) is 1. The van der Waals surface area contributed by atoms with Gasteiger partial charge in [0, 0.05) is 33.2 Å². The quantitative estimate of drug-likeness (QED) is 0.557. The molecule has 1 rings (SSSR count). The SMILES string of the molecule is COCCC(C)(O)CNC(=O)C1(CN)CC1. The van der Waals surface area contributed by atoms with Crippen molar-refractivity contribution in [2.75, 3.05) is 26.8 Å². The molecule has 0 spiro atoms. The topological polar surface area (TPSA) is 84.6 Å². The van der Waals surface area contributed by atoms with E-state index in [2.05, 4.69) is 5.32 Å². The van der Waals surface area contributed by atoms with E-state index in [0.29, 0.717) is 19.6 Å². The molecule has 1 aliphatic carbocycles. The van der Waals surface area contributed by atoms with Crippen LogP contribution in [-0.2, 0) is 9.53 Å². The van der Waals surface area contributed by atoms with Gasteiger partial charge in [0.1, 0.15) is 0 Å². The Kier molecular flexibility index (Phi) is 4.29. The second-order valence-electron chi connectivity index (χ2n) is 4.91. The number of rotatable bonds is 7. The van der Waals surface area contributed by atoms with E-state index in [-0.39, 0.29) is 17.9 Å². The molecule has 5 heteroatoms. The van der Waals surface area contributed by atoms with Crippen molar-refractivity contribution in [3.8, 4) is 0 Å². The molecule has 1 fully saturated rings. The Bertz CT molecular complexity index is 250. The zero-order valence-electron chi connectivity index (χ0n) is 10.1. The fourth-order valence-electron chi connectivity index (χ4n) is 1.54. The minimum Gasteiger partial charge on any atom is -0.388 e. The molecule has 16 heavy (non-hydrogen) atoms. The van der Waals surface area contributed by atoms with Crippen LogP contribution in [-0.4, -0.2) is 43.4 Å². The van der Waals surface area contributed by atoms with Gasteiger partial charge in [-0.15, -0.1) is 0 Å². The van der Waals surface area contributed by atoms with Gasteiger partial charge in [-0.25, -0.2) is 0 Å². The summed E-state index contributed by atoms with van der Waals surface area (Å²) in [6.45, 7) is 2.80. The summed E-state index contributed by atoms with van der Waals surface area (Å²) in [5, 5.41) is 12.7. The summed E-state index contributed by atoms with van der Waals surface area (Å²) in [5.74, 6) is -0.0345. The van der Waals surface area contributed by atoms with Gasteiger partial charge in [-0.1, -0.05) is 0 Å². The van der Waals surface area contributed by atoms with Crippen LogP contribution in [0.4, 0.5) is 0 Å². The highest BCUT2D eigenvalue weighted by Gasteiger charge is 2.48. The Hall–Kier alpha value is -0.650. The van der Waals surface area contributed by atoms with Gasteiger partial charge in [0.05, 0.1) is 11.0 Å². The molecule has 0 radical (unpaired) electrons. The minimum absolute atomic E-state index is 0.0345. The summed E-state index contributed by atoms with van der Waals surface area (Å²) in [4.78, 5) is 11.7. The highest BCUT2D eigenvalue weighted by molar-refractivity contribution is 5.85. The first-order chi connectivity index (χ1) is 7.46. The lowest BCUT2D eigenvalue weighted by Gasteiger charge is -2.24. The van der Waals surface area contributed by atoms with E-state index >= 15 is 0 Å². The average molecular weight is 230 g/mol. The molecule has 0 heterocycles. The molecule has 1 saturated carbocycles. The van der Waals surface area contributed by atoms with E-state index in [4.69, 9.17) is 10.5 Å². The maximum Gasteiger partial charge on any atom is 0.227 e. The number of hydrogen-bond donors (Lipinski definition) is 3. The van der Waals surface area contributed by atoms with E-state index < -0.39 is 5.60 Å². The van der Waals surface area contributed by atoms with Gasteiger partial charge in [-0.05, 0) is 19.8 Å². The van der Waals surface area contributed by atoms with Crippen molar-refractivity contribution in [1.29, 1.82) is 0 Å². The van der Waals surface area contributed by atoms with Crippen molar-refractivity contribution in [1.82, 2.24) is 5.32 Å². The van der Waals surface area contributed by atoms with Gasteiger partial charge in [0.15, 0.2) is 0 Å². The lowest BCUT2D eigenvalue weighted by Crippen LogP contribution is -2.45. The number of nitrogens with two attached hydrogens (primary N) is 1. The first-order valence-corrected chi connectivity index (χ1v) is 5.65. The summed E-state index contributed by atoms with van der Waals surface area (Å²) in [6, 6.07) is 0. The average Bonchev–Trinajstić information content (AvgIpc) is 3.04. The van der Waals surface area contributed by atoms with Crippen molar-refractivity contribution in [3.63, 3.8) is 0 Å². The van der Waals surface area contributed by atoms with E-state index in [1.165, 1.54) is 0 Å². The third-order valence-electron chi connectivity index (χ3n) is 3.20. The Morgan fingerprint density at radius 3 is 2.69 bits per heavy atom. The lowest BCUT2D eigenvalue weighted by atomic mass is 10.0. The second kappa shape index (κ2) is 5.12. The fourth-order valence-corrected chi connectivity index (χ4v) is 1.54. The molecule has 0 aromatic rings. The van der Waals surface area contributed by atoms with Crippen LogP contribution in [0, 0.1) is 5.41 Å². The zero-order chi connectivity index (χ0) is 12.2. The van der Waals surface area contributed by atoms with E-state index in [1.54, 1.807) is 14.0 Å². The van der Waals surface area contributed by atoms with Gasteiger partial charge in [-0.2, -0.15) is 0 Å². The van der Waals surface area contributed by atoms with Crippen molar-refractivity contribution < 1.29 is 14.6 Å². The standard InChI is InChI=1S/C11H22N2O3/c1-10(15,5-6-16-2)8-13-9(14)11(7-12)3-4-11/h15H,3-8,12H2,1-2H3,(H,13,14). The molecule has 1 aliphatic rings. The molecule has 0 bridgehead atoms. The molecule has 1 unspecified atom stereocenters. The Morgan fingerprint density at radius 1 is 1.62 bits per heavy atom. The molecule has 5 nitrogen and oxygen atoms in total. The van der Waals surface area contributed by atoms with Crippen LogP contribution in [0.3, 0.4) is 0 Å². The molecule has 0 aromatic carbocycles. The Labute approximate surface area is 96.3 Å². The van der Waals surface area contributed by atoms with Crippen LogP contribution in [0.1, 0.15) is 26.2 Å². The number of ether oxygens (including phenoxy) is 1. The molecule has 0 saturated heterocycles. The number of aliphatic hydroxyl groups is 1. The largest absolute Gasteiger partial charge is 0.388 e. The van der Waals surface area contributed by atoms with Crippen molar-refractivity contribution in [3.05, 3.63) is 0 Å². The highest BCUT2D eigenvalue weighted by Crippen LogP contribution is 2.44. The third-order valence-corrected chi connectivity index (χ3v) is 3.20. The molecule has 1 amide bonds. The molecule has 4 N–H and O–H groups in total. The van der Waals surface area contributed by atoms with Crippen molar-refractivity contribution in [2.45, 2.75) is 31.8 Å². The third kappa shape index (κ3) is 3.43. The number of hydrogen-bond acceptors (Lipinski definition) is 4. The van der Waals surface area contributed by atoms with Gasteiger partial charge in [-0.3, -0.25) is 4.79 Å². The minimum atomic E-state index is -0.920. The maximum atomic E-state index is 11.7. The van der Waals surface area contributed by atoms with E-state index in [0.717, 1.165) is 12.8 Å². The van der Waals surface area contributed by atoms with Crippen LogP contribution >= 0.6 is 0 Å². The first-order valence-electron chi connectivity index (χ1n) is 5.65. The van der Waals surface area contributed by atoms with Gasteiger partial charge >= 0.3 is 0 Å². The lowest BCUT2D eigenvalue weighted by molar-refractivity contribution is -0.127. The first kappa shape index (κ1) is 13.4. The highest BCUT2D eigenvalue weighted by atomic mass is 16.5. The van der Waals surface area contributed by atoms with Crippen LogP contribution in [0.5, 0.6) is 0 Å². The molecule has 1 atom stereocenters. The van der Waals surface area contributed by atoms with Crippen LogP contribution in [0.25, 0.3) is 0 Å². The molecule has 0 aliphatic heterocycles. The summed E-state index contributed by atoms with van der Waals surface area (Å²) in [7, 11) is 1.59. The number of carbonyl (C=O) groups is 1. The monoisotopic (exact) mass is 230 g/mol. The van der Waals surface area contributed by atoms with Gasteiger partial charge < -0.3 is 20.9 Å². The van der Waals surface area contributed by atoms with Crippen LogP contribution in [0.2, 0.25) is 0 Å². The van der Waals surface area contributed by atoms with Crippen molar-refractivity contribution >= 4 is 5.91 Å². The number of carbonyl (C=O) groups excluding carboxylic acids is 1. The summed E-state index contributed by atoms with van der Waals surface area (Å²) in [5.41, 5.74) is 4.28. The molecule has 0 aromatic heterocycles. The van der Waals surface area contributed by atoms with E-state index in [9.17, 15) is 9.90 Å². The summed E-state index contributed by atoms with van der Waals surface area (Å²) >= 11 is 0. The normalized spacial score (nSPS) is 21.2. The number of amides is 1. The number of methoxy groups -OCH3 is 1. The maximum absolute atomic E-state index is 11.7. The Morgan fingerprint density at radius 2 is 2.25 bits per heavy atom. The van der Waals surface area contributed by atoms with Crippen molar-refractivity contribution in [2.24, 2.45) is 11.1 Å². The fraction of sp³-hybridized carbons (Fsp3) is 0.909.